The van der Waals surface area contributed by atoms with E-state index in [-0.39, 0.29) is 0 Å². The lowest BCUT2D eigenvalue weighted by Crippen LogP contribution is -2.32. The number of aryl methyl sites for hydroxylation is 1. The molecule has 22 heavy (non-hydrogen) atoms. The molecule has 0 atom stereocenters. The number of hydrazone groups is 1. The minimum Gasteiger partial charge on any atom is -0.362 e. The van der Waals surface area contributed by atoms with Crippen molar-refractivity contribution in [3.63, 3.8) is 0 Å². The molecule has 0 saturated heterocycles. The summed E-state index contributed by atoms with van der Waals surface area (Å²) < 4.78 is 0. The van der Waals surface area contributed by atoms with Gasteiger partial charge in [0, 0.05) is 13.0 Å². The Hall–Kier alpha value is -2.20. The quantitative estimate of drug-likeness (QED) is 0.504. The lowest BCUT2D eigenvalue weighted by atomic mass is 10.0. The molecule has 4 heteroatoms. The largest absolute Gasteiger partial charge is 0.362 e. The molecule has 0 aliphatic heterocycles. The van der Waals surface area contributed by atoms with Crippen LogP contribution in [0.2, 0.25) is 0 Å². The van der Waals surface area contributed by atoms with Crippen LogP contribution in [0.25, 0.3) is 0 Å². The third-order valence-electron chi connectivity index (χ3n) is 3.23. The van der Waals surface area contributed by atoms with Crippen LogP contribution in [0.15, 0.2) is 59.7 Å². The van der Waals surface area contributed by atoms with Crippen LogP contribution in [-0.2, 0) is 6.42 Å². The van der Waals surface area contributed by atoms with Crippen molar-refractivity contribution in [2.24, 2.45) is 5.10 Å². The second-order valence-electron chi connectivity index (χ2n) is 5.06. The van der Waals surface area contributed by atoms with Crippen LogP contribution in [-0.4, -0.2) is 17.4 Å². The second kappa shape index (κ2) is 8.29. The van der Waals surface area contributed by atoms with Crippen molar-refractivity contribution in [3.8, 4) is 0 Å². The van der Waals surface area contributed by atoms with E-state index < -0.39 is 0 Å². The Kier molecular flexibility index (Phi) is 6.10. The molecule has 0 amide bonds. The van der Waals surface area contributed by atoms with Gasteiger partial charge in [-0.3, -0.25) is 5.43 Å². The predicted octanol–water partition coefficient (Wildman–Crippen LogP) is 3.43. The summed E-state index contributed by atoms with van der Waals surface area (Å²) >= 11 is 5.18. The molecular weight excluding hydrogens is 290 g/mol. The van der Waals surface area contributed by atoms with Crippen molar-refractivity contribution in [1.29, 1.82) is 0 Å². The molecule has 0 spiro atoms. The van der Waals surface area contributed by atoms with Gasteiger partial charge in [-0.1, -0.05) is 60.2 Å². The van der Waals surface area contributed by atoms with Gasteiger partial charge in [-0.2, -0.15) is 5.10 Å². The van der Waals surface area contributed by atoms with E-state index >= 15 is 0 Å². The molecule has 0 aliphatic rings. The molecule has 2 aromatic carbocycles. The van der Waals surface area contributed by atoms with E-state index in [4.69, 9.17) is 12.2 Å². The van der Waals surface area contributed by atoms with Crippen LogP contribution in [0.4, 0.5) is 0 Å². The number of nitrogens with one attached hydrogen (secondary N) is 2. The Bertz CT molecular complexity index is 633. The molecule has 0 heterocycles. The molecule has 2 aromatic rings. The first-order chi connectivity index (χ1) is 10.7. The SMILES string of the molecule is CCNC(=S)N/N=C(/Cc1ccccc1)c1ccc(C)cc1. The first-order valence-electron chi connectivity index (χ1n) is 7.40. The summed E-state index contributed by atoms with van der Waals surface area (Å²) in [7, 11) is 0. The predicted molar refractivity (Wildman–Crippen MR) is 97.3 cm³/mol. The van der Waals surface area contributed by atoms with Gasteiger partial charge in [0.1, 0.15) is 0 Å². The molecule has 114 valence electrons. The number of nitrogens with zero attached hydrogens (tertiary/aromatic N) is 1. The molecule has 0 aromatic heterocycles. The molecule has 0 fully saturated rings. The smallest absolute Gasteiger partial charge is 0.186 e. The van der Waals surface area contributed by atoms with E-state index in [2.05, 4.69) is 59.2 Å². The van der Waals surface area contributed by atoms with Crippen LogP contribution in [0.5, 0.6) is 0 Å². The molecule has 2 rings (SSSR count). The lowest BCUT2D eigenvalue weighted by molar-refractivity contribution is 0.898. The third-order valence-corrected chi connectivity index (χ3v) is 3.46. The van der Waals surface area contributed by atoms with E-state index in [1.54, 1.807) is 0 Å². The summed E-state index contributed by atoms with van der Waals surface area (Å²) in [6.07, 6.45) is 0.756. The highest BCUT2D eigenvalue weighted by molar-refractivity contribution is 7.80. The topological polar surface area (TPSA) is 36.4 Å². The number of rotatable bonds is 5. The second-order valence-corrected chi connectivity index (χ2v) is 5.47. The molecule has 0 saturated carbocycles. The molecule has 3 nitrogen and oxygen atoms in total. The van der Waals surface area contributed by atoms with Crippen molar-refractivity contribution in [1.82, 2.24) is 10.7 Å². The van der Waals surface area contributed by atoms with Gasteiger partial charge < -0.3 is 5.32 Å². The minimum atomic E-state index is 0.542. The van der Waals surface area contributed by atoms with Gasteiger partial charge in [-0.25, -0.2) is 0 Å². The van der Waals surface area contributed by atoms with E-state index in [9.17, 15) is 0 Å². The van der Waals surface area contributed by atoms with E-state index in [0.717, 1.165) is 24.2 Å². The van der Waals surface area contributed by atoms with Crippen molar-refractivity contribution < 1.29 is 0 Å². The molecular formula is C18H21N3S. The standard InChI is InChI=1S/C18H21N3S/c1-3-19-18(22)21-20-17(13-15-7-5-4-6-8-15)16-11-9-14(2)10-12-16/h4-12H,3,13H2,1-2H3,(H2,19,21,22)/b20-17-. The number of benzene rings is 2. The van der Waals surface area contributed by atoms with Crippen LogP contribution < -0.4 is 10.7 Å². The zero-order valence-corrected chi connectivity index (χ0v) is 13.8. The van der Waals surface area contributed by atoms with Gasteiger partial charge in [0.25, 0.3) is 0 Å². The van der Waals surface area contributed by atoms with Gasteiger partial charge in [0.05, 0.1) is 5.71 Å². The number of hydrogen-bond acceptors (Lipinski definition) is 2. The Morgan fingerprint density at radius 1 is 1.05 bits per heavy atom. The van der Waals surface area contributed by atoms with Gasteiger partial charge in [0.15, 0.2) is 5.11 Å². The maximum Gasteiger partial charge on any atom is 0.186 e. The van der Waals surface area contributed by atoms with Crippen LogP contribution in [0.1, 0.15) is 23.6 Å². The van der Waals surface area contributed by atoms with Crippen molar-refractivity contribution in [2.45, 2.75) is 20.3 Å². The fourth-order valence-corrected chi connectivity index (χ4v) is 2.25. The zero-order chi connectivity index (χ0) is 15.8. The summed E-state index contributed by atoms with van der Waals surface area (Å²) in [6, 6.07) is 18.7. The fraction of sp³-hybridized carbons (Fsp3) is 0.222. The summed E-state index contributed by atoms with van der Waals surface area (Å²) in [5, 5.41) is 8.08. The molecule has 0 bridgehead atoms. The molecule has 0 aliphatic carbocycles. The Morgan fingerprint density at radius 3 is 2.36 bits per heavy atom. The first-order valence-corrected chi connectivity index (χ1v) is 7.81. The highest BCUT2D eigenvalue weighted by atomic mass is 32.1. The Balaban J connectivity index is 2.22. The number of hydrogen-bond donors (Lipinski definition) is 2. The summed E-state index contributed by atoms with van der Waals surface area (Å²) in [4.78, 5) is 0. The minimum absolute atomic E-state index is 0.542. The molecule has 2 N–H and O–H groups in total. The van der Waals surface area contributed by atoms with Crippen LogP contribution >= 0.6 is 12.2 Å². The normalized spacial score (nSPS) is 11.1. The van der Waals surface area contributed by atoms with E-state index in [0.29, 0.717) is 5.11 Å². The molecule has 0 radical (unpaired) electrons. The summed E-state index contributed by atoms with van der Waals surface area (Å²) in [5.41, 5.74) is 7.44. The van der Waals surface area contributed by atoms with Gasteiger partial charge in [-0.15, -0.1) is 0 Å². The lowest BCUT2D eigenvalue weighted by Gasteiger charge is -2.10. The first kappa shape index (κ1) is 16.2. The summed E-state index contributed by atoms with van der Waals surface area (Å²) in [6.45, 7) is 4.86. The fourth-order valence-electron chi connectivity index (χ4n) is 2.06. The maximum atomic E-state index is 5.18. The zero-order valence-electron chi connectivity index (χ0n) is 13.0. The van der Waals surface area contributed by atoms with E-state index in [1.807, 2.05) is 25.1 Å². The highest BCUT2D eigenvalue weighted by Gasteiger charge is 2.06. The van der Waals surface area contributed by atoms with Gasteiger partial charge in [0.2, 0.25) is 0 Å². The van der Waals surface area contributed by atoms with Crippen LogP contribution in [0, 0.1) is 6.92 Å². The van der Waals surface area contributed by atoms with Crippen LogP contribution in [0.3, 0.4) is 0 Å². The highest BCUT2D eigenvalue weighted by Crippen LogP contribution is 2.10. The Morgan fingerprint density at radius 2 is 1.73 bits per heavy atom. The Labute approximate surface area is 137 Å². The molecule has 0 unspecified atom stereocenters. The number of thiocarbonyl (C=S) groups is 1. The van der Waals surface area contributed by atoms with Crippen molar-refractivity contribution in [3.05, 3.63) is 71.3 Å². The van der Waals surface area contributed by atoms with Gasteiger partial charge in [-0.05, 0) is 37.2 Å². The van der Waals surface area contributed by atoms with Crippen molar-refractivity contribution >= 4 is 23.0 Å². The van der Waals surface area contributed by atoms with Crippen molar-refractivity contribution in [2.75, 3.05) is 6.54 Å². The monoisotopic (exact) mass is 311 g/mol. The maximum absolute atomic E-state index is 5.18. The van der Waals surface area contributed by atoms with E-state index in [1.165, 1.54) is 11.1 Å². The van der Waals surface area contributed by atoms with Gasteiger partial charge >= 0.3 is 0 Å². The average Bonchev–Trinajstić information content (AvgIpc) is 2.53. The average molecular weight is 311 g/mol. The summed E-state index contributed by atoms with van der Waals surface area (Å²) in [5.74, 6) is 0. The third kappa shape index (κ3) is 4.97.